The van der Waals surface area contributed by atoms with Gasteiger partial charge in [-0.15, -0.1) is 5.10 Å². The van der Waals surface area contributed by atoms with Crippen molar-refractivity contribution in [1.82, 2.24) is 80.7 Å². The molecule has 5 aromatic carbocycles. The second-order valence-corrected chi connectivity index (χ2v) is 31.0. The third-order valence-electron chi connectivity index (χ3n) is 20.4. The van der Waals surface area contributed by atoms with E-state index in [9.17, 15) is 46.7 Å². The largest absolute Gasteiger partial charge is 0.377 e. The molecule has 0 spiro atoms. The van der Waals surface area contributed by atoms with E-state index in [1.807, 2.05) is 70.2 Å². The maximum Gasteiger partial charge on any atom is 0.319 e. The molecule has 2 fully saturated rings. The first-order chi connectivity index (χ1) is 58.0. The number of rotatable bonds is 46. The van der Waals surface area contributed by atoms with Gasteiger partial charge in [0.25, 0.3) is 5.91 Å². The minimum Gasteiger partial charge on any atom is -0.377 e. The van der Waals surface area contributed by atoms with E-state index < -0.39 is 47.1 Å². The molecule has 0 bridgehead atoms. The van der Waals surface area contributed by atoms with E-state index in [1.54, 1.807) is 78.5 Å². The van der Waals surface area contributed by atoms with Crippen LogP contribution < -0.4 is 31.9 Å². The molecule has 642 valence electrons. The van der Waals surface area contributed by atoms with Crippen molar-refractivity contribution in [1.29, 1.82) is 0 Å². The summed E-state index contributed by atoms with van der Waals surface area (Å²) in [6, 6.07) is 27.3. The lowest BCUT2D eigenvalue weighted by atomic mass is 9.97. The highest BCUT2D eigenvalue weighted by Crippen LogP contribution is 2.32. The van der Waals surface area contributed by atoms with Crippen LogP contribution in [0, 0.1) is 17.5 Å². The van der Waals surface area contributed by atoms with Crippen LogP contribution in [0.3, 0.4) is 0 Å². The zero-order chi connectivity index (χ0) is 84.9. The minimum atomic E-state index is -1.43. The number of imidazole rings is 1. The number of ether oxygens (including phenoxy) is 6. The predicted molar refractivity (Wildman–Crippen MR) is 443 cm³/mol. The number of fused-ring (bicyclic) bond motifs is 2. The number of nitrogens with zero attached hydrogens (tertiary/aromatic N) is 11. The van der Waals surface area contributed by atoms with E-state index in [0.29, 0.717) is 136 Å². The van der Waals surface area contributed by atoms with Gasteiger partial charge < -0.3 is 70.1 Å². The summed E-state index contributed by atoms with van der Waals surface area (Å²) < 4.78 is 81.2. The van der Waals surface area contributed by atoms with E-state index >= 15 is 0 Å². The molecule has 9 aromatic rings. The Labute approximate surface area is 704 Å². The molecular formula is C85H104Cl2F3N17O13. The van der Waals surface area contributed by atoms with Crippen LogP contribution in [0.4, 0.5) is 23.7 Å². The van der Waals surface area contributed by atoms with Gasteiger partial charge in [0, 0.05) is 122 Å². The molecule has 2 aliphatic rings. The first kappa shape index (κ1) is 90.3. The number of carbonyl (C=O) groups is 7. The summed E-state index contributed by atoms with van der Waals surface area (Å²) in [6.45, 7) is 16.3. The van der Waals surface area contributed by atoms with Gasteiger partial charge in [-0.3, -0.25) is 38.3 Å². The van der Waals surface area contributed by atoms with Gasteiger partial charge in [-0.05, 0) is 136 Å². The zero-order valence-corrected chi connectivity index (χ0v) is 69.4. The molecule has 2 atom stereocenters. The van der Waals surface area contributed by atoms with Crippen molar-refractivity contribution in [2.45, 2.75) is 129 Å². The van der Waals surface area contributed by atoms with Gasteiger partial charge in [-0.2, -0.15) is 10.2 Å². The fourth-order valence-corrected chi connectivity index (χ4v) is 14.5. The molecule has 0 aliphatic carbocycles. The van der Waals surface area contributed by atoms with Crippen LogP contribution >= 0.6 is 23.2 Å². The van der Waals surface area contributed by atoms with E-state index in [1.165, 1.54) is 18.2 Å². The molecule has 6 N–H and O–H groups in total. The summed E-state index contributed by atoms with van der Waals surface area (Å²) in [5, 5.41) is 36.5. The fourth-order valence-electron chi connectivity index (χ4n) is 13.9. The van der Waals surface area contributed by atoms with Crippen molar-refractivity contribution >= 4 is 86.9 Å². The number of aromatic nitrogens is 8. The number of aryl methyl sites for hydroxylation is 1. The van der Waals surface area contributed by atoms with Crippen LogP contribution in [0.2, 0.25) is 10.0 Å². The molecular weight excluding hydrogens is 1590 g/mol. The highest BCUT2D eigenvalue weighted by atomic mass is 35.5. The van der Waals surface area contributed by atoms with Gasteiger partial charge in [-0.1, -0.05) is 84.7 Å². The second kappa shape index (κ2) is 45.2. The number of urea groups is 1. The standard InChI is InChI=1S/C85H104Cl2F3N17O13/c1-57(2)65-50-72(60-16-18-61(88)19-17-60)99-107-55-75(95-80(65)107)83(113)105-33-32-103(56-85(105,3)4)79(110)26-25-78(109)92-29-35-115-37-39-117-41-43-119-45-46-120-44-42-118-40-38-116-36-34-104-52-63(98-101-104)21-24-77(108)91-28-27-71(81(111)93-51-58-11-6-5-7-12-58)96-82(112)73(48-59-15-23-69(89)70(90)47-59)97-84(114)94-62-20-22-64-74(54-102-30-8-9-31-102)100-106(76(64)49-62)53-66-67(86)13-10-14-68(66)87/h5-7,10-20,22-23,47,49-50,52,55,57,71,73H,8-9,21,24-46,48,51,53-54,56H2,1-4H3,(H,91,108)(H,92,109)(H,93,111)(H,96,112)(H2,94,97,114)/t71-,73-/m0/s1. The Kier molecular flexibility index (Phi) is 34.0. The maximum atomic E-state index is 14.7. The number of hydrogen-bond acceptors (Lipinski definition) is 19. The Balaban J connectivity index is 0.514. The highest BCUT2D eigenvalue weighted by molar-refractivity contribution is 6.36. The van der Waals surface area contributed by atoms with Crippen molar-refractivity contribution < 1.29 is 75.2 Å². The molecule has 35 heteroatoms. The van der Waals surface area contributed by atoms with Gasteiger partial charge in [0.1, 0.15) is 23.6 Å². The van der Waals surface area contributed by atoms with Gasteiger partial charge in [-0.25, -0.2) is 32.1 Å². The van der Waals surface area contributed by atoms with Gasteiger partial charge in [0.2, 0.25) is 29.5 Å². The van der Waals surface area contributed by atoms with Crippen molar-refractivity contribution in [3.05, 3.63) is 194 Å². The average molecular weight is 1700 g/mol. The van der Waals surface area contributed by atoms with Crippen molar-refractivity contribution in [2.75, 3.05) is 130 Å². The first-order valence-corrected chi connectivity index (χ1v) is 41.2. The number of likely N-dealkylation sites (tertiary alicyclic amines) is 1. The third kappa shape index (κ3) is 27.0. The molecule has 2 aliphatic heterocycles. The molecule has 4 aromatic heterocycles. The van der Waals surface area contributed by atoms with Crippen molar-refractivity contribution in [3.8, 4) is 11.3 Å². The van der Waals surface area contributed by atoms with Crippen molar-refractivity contribution in [2.24, 2.45) is 0 Å². The van der Waals surface area contributed by atoms with E-state index in [4.69, 9.17) is 66.8 Å². The number of piperazine rings is 1. The SMILES string of the molecule is CC(C)c1cc(-c2ccc(F)cc2)nn2cc(C(=O)N3CCN(C(=O)CCC(=O)NCCOCCOCCOCCOCCOCCOCCn4cc(CCC(=O)NCC[C@H](NC(=O)[C@H](Cc5ccc(F)c(F)c5)NC(=O)Nc5ccc6c(CN7CCCC7)nn(Cc7c(Cl)cccc7Cl)c6c5)C(=O)NCc5ccccc5)nn4)CC3(C)C)nc12. The number of carbonyl (C=O) groups excluding carboxylic acids is 7. The Hall–Kier alpha value is -10.5. The fraction of sp³-hybridized carbons (Fsp3) is 0.459. The van der Waals surface area contributed by atoms with Gasteiger partial charge >= 0.3 is 6.03 Å². The number of halogens is 5. The summed E-state index contributed by atoms with van der Waals surface area (Å²) in [4.78, 5) is 106. The number of amides is 8. The minimum absolute atomic E-state index is 0.0117. The monoisotopic (exact) mass is 1700 g/mol. The van der Waals surface area contributed by atoms with E-state index in [-0.39, 0.29) is 131 Å². The summed E-state index contributed by atoms with van der Waals surface area (Å²) in [6.07, 6.45) is 5.45. The average Bonchev–Trinajstić information content (AvgIpc) is 1.61. The number of nitrogens with one attached hydrogen (secondary N) is 6. The third-order valence-corrected chi connectivity index (χ3v) is 21.1. The Morgan fingerprint density at radius 2 is 1.27 bits per heavy atom. The Bertz CT molecular complexity index is 4900. The van der Waals surface area contributed by atoms with E-state index in [0.717, 1.165) is 65.8 Å². The topological polar surface area (TPSA) is 335 Å². The molecule has 11 rings (SSSR count). The molecule has 2 saturated heterocycles. The number of hydrogen-bond donors (Lipinski definition) is 6. The molecule has 0 saturated carbocycles. The molecule has 8 amide bonds. The highest BCUT2D eigenvalue weighted by Gasteiger charge is 2.40. The number of benzene rings is 5. The zero-order valence-electron chi connectivity index (χ0n) is 67.9. The molecule has 120 heavy (non-hydrogen) atoms. The molecule has 6 heterocycles. The Morgan fingerprint density at radius 3 is 1.95 bits per heavy atom. The quantitative estimate of drug-likeness (QED) is 0.0193. The van der Waals surface area contributed by atoms with Crippen LogP contribution in [0.15, 0.2) is 128 Å². The lowest BCUT2D eigenvalue weighted by Gasteiger charge is -2.46. The lowest BCUT2D eigenvalue weighted by molar-refractivity contribution is -0.137. The number of anilines is 1. The van der Waals surface area contributed by atoms with Crippen LogP contribution in [-0.4, -0.2) is 238 Å². The Morgan fingerprint density at radius 1 is 0.608 bits per heavy atom. The lowest BCUT2D eigenvalue weighted by Crippen LogP contribution is -2.62. The molecule has 30 nitrogen and oxygen atoms in total. The predicted octanol–water partition coefficient (Wildman–Crippen LogP) is 9.26. The second-order valence-electron chi connectivity index (χ2n) is 30.1. The maximum absolute atomic E-state index is 14.7. The summed E-state index contributed by atoms with van der Waals surface area (Å²) in [5.41, 5.74) is 6.38. The smallest absolute Gasteiger partial charge is 0.319 e. The normalized spacial score (nSPS) is 14.1. The van der Waals surface area contributed by atoms with Gasteiger partial charge in [0.05, 0.1) is 127 Å². The van der Waals surface area contributed by atoms with E-state index in [2.05, 4.69) is 47.1 Å². The van der Waals surface area contributed by atoms with Crippen LogP contribution in [0.5, 0.6) is 0 Å². The molecule has 0 unspecified atom stereocenters. The van der Waals surface area contributed by atoms with Gasteiger partial charge in [0.15, 0.2) is 17.3 Å². The summed E-state index contributed by atoms with van der Waals surface area (Å²) in [5.74, 6) is -5.01. The van der Waals surface area contributed by atoms with Crippen LogP contribution in [-0.2, 0) is 91.4 Å². The van der Waals surface area contributed by atoms with Crippen LogP contribution in [0.1, 0.15) is 116 Å². The van der Waals surface area contributed by atoms with Crippen molar-refractivity contribution in [3.63, 3.8) is 0 Å². The first-order valence-electron chi connectivity index (χ1n) is 40.4. The summed E-state index contributed by atoms with van der Waals surface area (Å²) >= 11 is 13.2. The summed E-state index contributed by atoms with van der Waals surface area (Å²) in [7, 11) is 0. The van der Waals surface area contributed by atoms with Crippen LogP contribution in [0.25, 0.3) is 27.8 Å². The molecule has 0 radical (unpaired) electrons.